The van der Waals surface area contributed by atoms with E-state index in [0.717, 1.165) is 25.0 Å². The summed E-state index contributed by atoms with van der Waals surface area (Å²) in [7, 11) is 0. The number of carbonyl (C=O) groups excluding carboxylic acids is 1. The molecule has 18 heavy (non-hydrogen) atoms. The van der Waals surface area contributed by atoms with Crippen molar-refractivity contribution in [1.29, 1.82) is 0 Å². The highest BCUT2D eigenvalue weighted by atomic mass is 16.3. The van der Waals surface area contributed by atoms with Crippen molar-refractivity contribution in [1.82, 2.24) is 10.3 Å². The molecule has 1 rings (SSSR count). The molecule has 100 valence electrons. The van der Waals surface area contributed by atoms with E-state index in [2.05, 4.69) is 10.3 Å². The molecule has 1 aromatic heterocycles. The molecule has 0 aromatic carbocycles. The van der Waals surface area contributed by atoms with Crippen molar-refractivity contribution in [2.45, 2.75) is 32.6 Å². The van der Waals surface area contributed by atoms with E-state index in [4.69, 9.17) is 5.11 Å². The molecule has 0 aliphatic rings. The first-order valence-electron chi connectivity index (χ1n) is 6.50. The highest BCUT2D eigenvalue weighted by molar-refractivity contribution is 5.75. The maximum atomic E-state index is 11.5. The van der Waals surface area contributed by atoms with Crippen LogP contribution in [0.1, 0.15) is 31.9 Å². The summed E-state index contributed by atoms with van der Waals surface area (Å²) in [5.74, 6) is 0.408. The summed E-state index contributed by atoms with van der Waals surface area (Å²) in [5, 5.41) is 11.6. The van der Waals surface area contributed by atoms with Gasteiger partial charge >= 0.3 is 0 Å². The van der Waals surface area contributed by atoms with Crippen LogP contribution in [0.3, 0.4) is 0 Å². The van der Waals surface area contributed by atoms with Crippen LogP contribution < -0.4 is 5.32 Å². The predicted octanol–water partition coefficient (Wildman–Crippen LogP) is 1.54. The molecule has 0 bridgehead atoms. The van der Waals surface area contributed by atoms with Crippen LogP contribution in [0, 0.1) is 5.92 Å². The van der Waals surface area contributed by atoms with E-state index in [1.165, 1.54) is 0 Å². The maximum Gasteiger partial charge on any atom is 0.220 e. The van der Waals surface area contributed by atoms with Crippen molar-refractivity contribution >= 4 is 5.91 Å². The number of carbonyl (C=O) groups is 1. The molecule has 1 unspecified atom stereocenters. The lowest BCUT2D eigenvalue weighted by molar-refractivity contribution is -0.121. The van der Waals surface area contributed by atoms with Crippen molar-refractivity contribution in [3.05, 3.63) is 30.1 Å². The number of amides is 1. The number of aryl methyl sites for hydroxylation is 1. The van der Waals surface area contributed by atoms with E-state index in [-0.39, 0.29) is 12.5 Å². The standard InChI is InChI=1S/C14H22N2O2/c1-12(8-10-17)11-16-14(18)7-4-6-13-5-2-3-9-15-13/h2-3,5,9,12,17H,4,6-8,10-11H2,1H3,(H,16,18). The number of pyridine rings is 1. The molecule has 1 atom stereocenters. The highest BCUT2D eigenvalue weighted by Crippen LogP contribution is 2.02. The van der Waals surface area contributed by atoms with Crippen LogP contribution in [-0.2, 0) is 11.2 Å². The number of nitrogens with zero attached hydrogens (tertiary/aromatic N) is 1. The van der Waals surface area contributed by atoms with Gasteiger partial charge in [0.15, 0.2) is 0 Å². The second-order valence-electron chi connectivity index (χ2n) is 4.60. The summed E-state index contributed by atoms with van der Waals surface area (Å²) in [4.78, 5) is 15.8. The van der Waals surface area contributed by atoms with Crippen molar-refractivity contribution in [2.24, 2.45) is 5.92 Å². The van der Waals surface area contributed by atoms with Crippen molar-refractivity contribution in [3.63, 3.8) is 0 Å². The minimum Gasteiger partial charge on any atom is -0.396 e. The number of hydrogen-bond acceptors (Lipinski definition) is 3. The van der Waals surface area contributed by atoms with E-state index in [1.807, 2.05) is 25.1 Å². The van der Waals surface area contributed by atoms with Crippen LogP contribution in [0.2, 0.25) is 0 Å². The summed E-state index contributed by atoms with van der Waals surface area (Å²) in [5.41, 5.74) is 1.03. The van der Waals surface area contributed by atoms with Gasteiger partial charge in [0.2, 0.25) is 5.91 Å². The Morgan fingerprint density at radius 2 is 2.33 bits per heavy atom. The molecule has 4 nitrogen and oxygen atoms in total. The van der Waals surface area contributed by atoms with Gasteiger partial charge in [-0.05, 0) is 37.3 Å². The second-order valence-corrected chi connectivity index (χ2v) is 4.60. The van der Waals surface area contributed by atoms with Gasteiger partial charge in [-0.15, -0.1) is 0 Å². The van der Waals surface area contributed by atoms with Gasteiger partial charge in [0.1, 0.15) is 0 Å². The molecule has 0 radical (unpaired) electrons. The predicted molar refractivity (Wildman–Crippen MR) is 71.1 cm³/mol. The lowest BCUT2D eigenvalue weighted by Crippen LogP contribution is -2.28. The summed E-state index contributed by atoms with van der Waals surface area (Å²) in [6, 6.07) is 5.82. The van der Waals surface area contributed by atoms with Gasteiger partial charge in [0, 0.05) is 31.5 Å². The summed E-state index contributed by atoms with van der Waals surface area (Å²) in [6.07, 6.45) is 4.68. The monoisotopic (exact) mass is 250 g/mol. The second kappa shape index (κ2) is 8.64. The van der Waals surface area contributed by atoms with E-state index in [9.17, 15) is 4.79 Å². The third-order valence-electron chi connectivity index (χ3n) is 2.83. The van der Waals surface area contributed by atoms with Gasteiger partial charge < -0.3 is 10.4 Å². The molecule has 0 saturated heterocycles. The molecule has 0 spiro atoms. The van der Waals surface area contributed by atoms with Crippen molar-refractivity contribution in [3.8, 4) is 0 Å². The third kappa shape index (κ3) is 6.35. The molecular formula is C14H22N2O2. The van der Waals surface area contributed by atoms with Crippen LogP contribution in [0.15, 0.2) is 24.4 Å². The normalized spacial score (nSPS) is 12.1. The molecule has 1 amide bonds. The lowest BCUT2D eigenvalue weighted by Gasteiger charge is -2.10. The number of nitrogens with one attached hydrogen (secondary N) is 1. The minimum atomic E-state index is 0.0794. The largest absolute Gasteiger partial charge is 0.396 e. The Balaban J connectivity index is 2.10. The van der Waals surface area contributed by atoms with Crippen LogP contribution in [0.25, 0.3) is 0 Å². The smallest absolute Gasteiger partial charge is 0.220 e. The summed E-state index contributed by atoms with van der Waals surface area (Å²) >= 11 is 0. The molecule has 0 fully saturated rings. The fourth-order valence-corrected chi connectivity index (χ4v) is 1.67. The molecule has 1 aromatic rings. The van der Waals surface area contributed by atoms with E-state index in [0.29, 0.717) is 18.9 Å². The molecule has 0 aliphatic heterocycles. The summed E-state index contributed by atoms with van der Waals surface area (Å²) < 4.78 is 0. The number of aliphatic hydroxyl groups is 1. The Morgan fingerprint density at radius 3 is 3.00 bits per heavy atom. The number of aliphatic hydroxyl groups excluding tert-OH is 1. The Labute approximate surface area is 108 Å². The molecule has 0 saturated carbocycles. The Kier molecular flexibility index (Phi) is 7.03. The van der Waals surface area contributed by atoms with Crippen molar-refractivity contribution in [2.75, 3.05) is 13.2 Å². The molecule has 0 aliphatic carbocycles. The van der Waals surface area contributed by atoms with Crippen LogP contribution in [0.4, 0.5) is 0 Å². The fourth-order valence-electron chi connectivity index (χ4n) is 1.67. The first kappa shape index (κ1) is 14.6. The first-order valence-corrected chi connectivity index (χ1v) is 6.50. The SMILES string of the molecule is CC(CCO)CNC(=O)CCCc1ccccn1. The van der Waals surface area contributed by atoms with Crippen LogP contribution in [0.5, 0.6) is 0 Å². The zero-order valence-corrected chi connectivity index (χ0v) is 10.9. The third-order valence-corrected chi connectivity index (χ3v) is 2.83. The molecule has 1 heterocycles. The Hall–Kier alpha value is -1.42. The zero-order valence-electron chi connectivity index (χ0n) is 10.9. The van der Waals surface area contributed by atoms with E-state index >= 15 is 0 Å². The maximum absolute atomic E-state index is 11.5. The van der Waals surface area contributed by atoms with Crippen LogP contribution in [-0.4, -0.2) is 29.1 Å². The summed E-state index contributed by atoms with van der Waals surface area (Å²) in [6.45, 7) is 2.84. The highest BCUT2D eigenvalue weighted by Gasteiger charge is 2.05. The molecular weight excluding hydrogens is 228 g/mol. The Morgan fingerprint density at radius 1 is 1.50 bits per heavy atom. The lowest BCUT2D eigenvalue weighted by atomic mass is 10.1. The average molecular weight is 250 g/mol. The average Bonchev–Trinajstić information content (AvgIpc) is 2.38. The molecule has 2 N–H and O–H groups in total. The van der Waals surface area contributed by atoms with E-state index < -0.39 is 0 Å². The quantitative estimate of drug-likeness (QED) is 0.735. The van der Waals surface area contributed by atoms with Gasteiger partial charge in [-0.2, -0.15) is 0 Å². The molecule has 4 heteroatoms. The number of hydrogen-bond donors (Lipinski definition) is 2. The zero-order chi connectivity index (χ0) is 13.2. The topological polar surface area (TPSA) is 62.2 Å². The number of rotatable bonds is 8. The van der Waals surface area contributed by atoms with Crippen molar-refractivity contribution < 1.29 is 9.90 Å². The fraction of sp³-hybridized carbons (Fsp3) is 0.571. The van der Waals surface area contributed by atoms with Gasteiger partial charge in [0.05, 0.1) is 0 Å². The number of aromatic nitrogens is 1. The minimum absolute atomic E-state index is 0.0794. The van der Waals surface area contributed by atoms with Gasteiger partial charge in [-0.3, -0.25) is 9.78 Å². The van der Waals surface area contributed by atoms with Crippen LogP contribution >= 0.6 is 0 Å². The Bertz CT molecular complexity index is 341. The van der Waals surface area contributed by atoms with E-state index in [1.54, 1.807) is 6.20 Å². The first-order chi connectivity index (χ1) is 8.72. The van der Waals surface area contributed by atoms with Gasteiger partial charge in [0.25, 0.3) is 0 Å². The van der Waals surface area contributed by atoms with Gasteiger partial charge in [-0.1, -0.05) is 13.0 Å². The van der Waals surface area contributed by atoms with Gasteiger partial charge in [-0.25, -0.2) is 0 Å².